The summed E-state index contributed by atoms with van der Waals surface area (Å²) in [6, 6.07) is 44.1. The van der Waals surface area contributed by atoms with Crippen molar-refractivity contribution in [2.24, 2.45) is 0 Å². The van der Waals surface area contributed by atoms with E-state index in [1.807, 2.05) is 114 Å². The Kier molecular flexibility index (Phi) is 16.7. The third-order valence-corrected chi connectivity index (χ3v) is 10.1. The van der Waals surface area contributed by atoms with Crippen LogP contribution in [0.5, 0.6) is 34.5 Å². The Morgan fingerprint density at radius 3 is 0.527 bits per heavy atom. The topological polar surface area (TPSA) is 98.2 Å². The van der Waals surface area contributed by atoms with Crippen LogP contribution < -0.4 is 27.1 Å². The minimum absolute atomic E-state index is 0.477. The molecular formula is C42H44Cl2CuO8P2+2. The SMILES string of the molecule is Cc1ccc(OP(=[OH+])(Oc2ccc(C)cc2)Oc2ccc(C)cc2)cc1.Cc1ccc(OP(=[OH+])(Oc2ccc(C)cc2)Oc2ccc(C)cc2)cc1.[Cl][Cu][Cl]. The van der Waals surface area contributed by atoms with Gasteiger partial charge < -0.3 is 27.1 Å². The normalized spacial score (nSPS) is 10.8. The molecule has 0 heterocycles. The van der Waals surface area contributed by atoms with Crippen LogP contribution in [-0.4, -0.2) is 9.13 Å². The van der Waals surface area contributed by atoms with Crippen LogP contribution in [0.2, 0.25) is 0 Å². The Hall–Kier alpha value is -4.32. The van der Waals surface area contributed by atoms with E-state index >= 15 is 0 Å². The fourth-order valence-electron chi connectivity index (χ4n) is 4.51. The zero-order valence-corrected chi connectivity index (χ0v) is 35.4. The third-order valence-electron chi connectivity index (χ3n) is 7.45. The molecule has 293 valence electrons. The van der Waals surface area contributed by atoms with Gasteiger partial charge in [-0.1, -0.05) is 106 Å². The van der Waals surface area contributed by atoms with Gasteiger partial charge >= 0.3 is 49.0 Å². The quantitative estimate of drug-likeness (QED) is 0.0690. The maximum absolute atomic E-state index is 11.0. The molecular weight excluding hydrogens is 829 g/mol. The molecule has 55 heavy (non-hydrogen) atoms. The van der Waals surface area contributed by atoms with Crippen molar-refractivity contribution >= 4 is 35.8 Å². The summed E-state index contributed by atoms with van der Waals surface area (Å²) in [7, 11) is 1.98. The Bertz CT molecular complexity index is 1750. The molecule has 8 nitrogen and oxygen atoms in total. The van der Waals surface area contributed by atoms with Crippen LogP contribution in [0, 0.1) is 41.5 Å². The average molecular weight is 873 g/mol. The molecule has 6 aromatic rings. The summed E-state index contributed by atoms with van der Waals surface area (Å²) in [4.78, 5) is 0. The molecule has 0 saturated carbocycles. The molecule has 13 heteroatoms. The summed E-state index contributed by atoms with van der Waals surface area (Å²) in [6.07, 6.45) is 0. The molecule has 0 spiro atoms. The second-order valence-corrected chi connectivity index (χ2v) is 16.9. The molecule has 0 radical (unpaired) electrons. The molecule has 6 rings (SSSR count). The molecule has 6 aromatic carbocycles. The number of rotatable bonds is 12. The number of benzene rings is 6. The number of hydrogen-bond acceptors (Lipinski definition) is 6. The molecule has 0 atom stereocenters. The number of hydrogen-bond donors (Lipinski definition) is 0. The van der Waals surface area contributed by atoms with Crippen LogP contribution in [0.4, 0.5) is 0 Å². The van der Waals surface area contributed by atoms with Gasteiger partial charge in [0.1, 0.15) is 34.5 Å². The summed E-state index contributed by atoms with van der Waals surface area (Å²) in [5.41, 5.74) is 6.57. The first kappa shape index (κ1) is 43.4. The molecule has 0 aliphatic heterocycles. The van der Waals surface area contributed by atoms with Gasteiger partial charge in [0.25, 0.3) is 0 Å². The fraction of sp³-hybridized carbons (Fsp3) is 0.143. The van der Waals surface area contributed by atoms with Crippen LogP contribution in [0.15, 0.2) is 146 Å². The first-order chi connectivity index (χ1) is 26.2. The molecule has 0 aromatic heterocycles. The van der Waals surface area contributed by atoms with Crippen molar-refractivity contribution in [3.8, 4) is 34.5 Å². The predicted octanol–water partition coefficient (Wildman–Crippen LogP) is 13.8. The first-order valence-electron chi connectivity index (χ1n) is 16.9. The van der Waals surface area contributed by atoms with Crippen LogP contribution in [-0.2, 0) is 13.1 Å². The molecule has 0 aliphatic rings. The summed E-state index contributed by atoms with van der Waals surface area (Å²) in [5.74, 6) is 2.86. The molecule has 0 unspecified atom stereocenters. The van der Waals surface area contributed by atoms with E-state index in [1.54, 1.807) is 72.8 Å². The predicted molar refractivity (Wildman–Crippen MR) is 220 cm³/mol. The van der Waals surface area contributed by atoms with Crippen molar-refractivity contribution in [1.29, 1.82) is 0 Å². The third kappa shape index (κ3) is 15.4. The van der Waals surface area contributed by atoms with Crippen LogP contribution in [0.1, 0.15) is 33.4 Å². The van der Waals surface area contributed by atoms with Crippen molar-refractivity contribution in [3.05, 3.63) is 179 Å². The molecule has 0 amide bonds. The molecule has 0 fully saturated rings. The van der Waals surface area contributed by atoms with Crippen LogP contribution in [0.3, 0.4) is 0 Å². The Labute approximate surface area is 338 Å². The zero-order valence-electron chi connectivity index (χ0n) is 31.2. The molecule has 0 aliphatic carbocycles. The van der Waals surface area contributed by atoms with E-state index in [0.29, 0.717) is 34.5 Å². The van der Waals surface area contributed by atoms with E-state index in [-0.39, 0.29) is 0 Å². The van der Waals surface area contributed by atoms with Gasteiger partial charge in [-0.2, -0.15) is 0 Å². The van der Waals surface area contributed by atoms with Gasteiger partial charge in [-0.3, -0.25) is 0 Å². The summed E-state index contributed by atoms with van der Waals surface area (Å²) < 4.78 is 56.5. The molecule has 2 N–H and O–H groups in total. The van der Waals surface area contributed by atoms with Gasteiger partial charge in [-0.25, -0.2) is 9.13 Å². The molecule has 0 saturated heterocycles. The van der Waals surface area contributed by atoms with E-state index in [4.69, 9.17) is 27.1 Å². The second-order valence-electron chi connectivity index (χ2n) is 12.4. The van der Waals surface area contributed by atoms with Gasteiger partial charge in [0.15, 0.2) is 0 Å². The minimum atomic E-state index is -3.68. The second kappa shape index (κ2) is 21.1. The zero-order chi connectivity index (χ0) is 39.8. The van der Waals surface area contributed by atoms with Crippen molar-refractivity contribution in [2.75, 3.05) is 0 Å². The average Bonchev–Trinajstić information content (AvgIpc) is 3.15. The van der Waals surface area contributed by atoms with Gasteiger partial charge in [-0.05, 0) is 114 Å². The van der Waals surface area contributed by atoms with Crippen LogP contribution in [0.25, 0.3) is 0 Å². The fourth-order valence-corrected chi connectivity index (χ4v) is 7.06. The molecule has 0 bridgehead atoms. The van der Waals surface area contributed by atoms with Crippen molar-refractivity contribution in [2.45, 2.75) is 41.5 Å². The van der Waals surface area contributed by atoms with Crippen molar-refractivity contribution < 1.29 is 49.4 Å². The van der Waals surface area contributed by atoms with E-state index in [1.165, 1.54) is 0 Å². The van der Waals surface area contributed by atoms with E-state index in [9.17, 15) is 9.13 Å². The summed E-state index contributed by atoms with van der Waals surface area (Å²) in [6.45, 7) is 11.9. The van der Waals surface area contributed by atoms with E-state index in [2.05, 4.69) is 20.2 Å². The number of aryl methyl sites for hydroxylation is 6. The maximum atomic E-state index is 11.0. The summed E-state index contributed by atoms with van der Waals surface area (Å²) >= 11 is 0.757. The monoisotopic (exact) mass is 871 g/mol. The van der Waals surface area contributed by atoms with Gasteiger partial charge in [0.2, 0.25) is 0 Å². The Morgan fingerprint density at radius 1 is 0.309 bits per heavy atom. The van der Waals surface area contributed by atoms with Gasteiger partial charge in [-0.15, -0.1) is 0 Å². The van der Waals surface area contributed by atoms with Crippen molar-refractivity contribution in [3.63, 3.8) is 0 Å². The van der Waals surface area contributed by atoms with E-state index < -0.39 is 15.6 Å². The number of halogens is 2. The summed E-state index contributed by atoms with van der Waals surface area (Å²) in [5, 5.41) is 0. The first-order valence-corrected chi connectivity index (χ1v) is 22.5. The van der Waals surface area contributed by atoms with E-state index in [0.717, 1.165) is 46.5 Å². The van der Waals surface area contributed by atoms with Gasteiger partial charge in [0, 0.05) is 0 Å². The van der Waals surface area contributed by atoms with Crippen LogP contribution >= 0.6 is 35.8 Å². The Balaban J connectivity index is 0.000000228. The Morgan fingerprint density at radius 2 is 0.418 bits per heavy atom. The van der Waals surface area contributed by atoms with Gasteiger partial charge in [0.05, 0.1) is 0 Å². The van der Waals surface area contributed by atoms with Crippen molar-refractivity contribution in [1.82, 2.24) is 0 Å². The standard InChI is InChI=1S/2C21H21O4P.2ClH.Cu/c2*1-16-4-10-19(11-5-16)23-26(22,24-20-12-6-17(2)7-13-20)25-21-14-8-18(3)9-15-21;;;/h2*4-15H,1-3H3;2*1H;/q;;;;+2.